The van der Waals surface area contributed by atoms with Gasteiger partial charge in [-0.25, -0.2) is 9.37 Å². The van der Waals surface area contributed by atoms with Gasteiger partial charge in [0.1, 0.15) is 5.82 Å². The Morgan fingerprint density at radius 2 is 2.06 bits per heavy atom. The third kappa shape index (κ3) is 1.64. The van der Waals surface area contributed by atoms with Gasteiger partial charge >= 0.3 is 0 Å². The first kappa shape index (κ1) is 12.0. The molecule has 1 aromatic heterocycles. The van der Waals surface area contributed by atoms with Gasteiger partial charge in [-0.2, -0.15) is 0 Å². The molecule has 1 aliphatic carbocycles. The van der Waals surface area contributed by atoms with E-state index >= 15 is 0 Å². The quantitative estimate of drug-likeness (QED) is 0.870. The van der Waals surface area contributed by atoms with Gasteiger partial charge in [0, 0.05) is 11.6 Å². The average molecular weight is 312 g/mol. The molecule has 2 N–H and O–H groups in total. The Morgan fingerprint density at radius 3 is 2.72 bits per heavy atom. The molecule has 1 aliphatic rings. The number of hydrogen-bond donors (Lipinski definition) is 1. The van der Waals surface area contributed by atoms with Crippen molar-refractivity contribution in [1.29, 1.82) is 0 Å². The molecular weight excluding hydrogens is 297 g/mol. The smallest absolute Gasteiger partial charge is 0.201 e. The largest absolute Gasteiger partial charge is 0.369 e. The predicted molar refractivity (Wildman–Crippen MR) is 73.9 cm³/mol. The number of nitrogens with two attached hydrogens (primary N) is 1. The molecular formula is C13H15BrFN3. The lowest BCUT2D eigenvalue weighted by molar-refractivity contribution is 0.343. The van der Waals surface area contributed by atoms with Gasteiger partial charge in [-0.05, 0) is 41.8 Å². The normalized spacial score (nSPS) is 18.6. The molecule has 1 aromatic carbocycles. The average Bonchev–Trinajstić information content (AvgIpc) is 2.84. The lowest BCUT2D eigenvalue weighted by Crippen LogP contribution is -2.27. The summed E-state index contributed by atoms with van der Waals surface area (Å²) >= 11 is 3.23. The van der Waals surface area contributed by atoms with Gasteiger partial charge in [-0.3, -0.25) is 0 Å². The summed E-state index contributed by atoms with van der Waals surface area (Å²) in [6, 6.07) is 3.21. The Hall–Kier alpha value is -1.10. The number of anilines is 1. The number of fused-ring (bicyclic) bond motifs is 1. The van der Waals surface area contributed by atoms with Crippen molar-refractivity contribution in [3.8, 4) is 0 Å². The van der Waals surface area contributed by atoms with Crippen LogP contribution in [-0.4, -0.2) is 9.55 Å². The van der Waals surface area contributed by atoms with E-state index in [1.54, 1.807) is 6.07 Å². The highest BCUT2D eigenvalue weighted by atomic mass is 79.9. The maximum Gasteiger partial charge on any atom is 0.201 e. The van der Waals surface area contributed by atoms with Crippen molar-refractivity contribution < 1.29 is 4.39 Å². The molecule has 0 amide bonds. The number of rotatable bonds is 1. The summed E-state index contributed by atoms with van der Waals surface area (Å²) in [4.78, 5) is 4.28. The van der Waals surface area contributed by atoms with Crippen LogP contribution in [0.4, 0.5) is 10.3 Å². The van der Waals surface area contributed by atoms with Crippen LogP contribution >= 0.6 is 15.9 Å². The van der Waals surface area contributed by atoms with E-state index in [-0.39, 0.29) is 11.4 Å². The van der Waals surface area contributed by atoms with Crippen molar-refractivity contribution in [2.75, 3.05) is 5.73 Å². The monoisotopic (exact) mass is 311 g/mol. The molecule has 0 atom stereocenters. The van der Waals surface area contributed by atoms with Gasteiger partial charge in [-0.15, -0.1) is 0 Å². The highest BCUT2D eigenvalue weighted by Gasteiger charge is 2.33. The summed E-state index contributed by atoms with van der Waals surface area (Å²) < 4.78 is 16.1. The number of imidazole rings is 1. The summed E-state index contributed by atoms with van der Waals surface area (Å²) in [6.45, 7) is 2.20. The molecule has 0 aliphatic heterocycles. The van der Waals surface area contributed by atoms with Crippen LogP contribution in [0, 0.1) is 5.82 Å². The van der Waals surface area contributed by atoms with E-state index in [2.05, 4.69) is 32.4 Å². The minimum absolute atomic E-state index is 0.0100. The standard InChI is InChI=1S/C13H15BrFN3/c1-13(4-2-3-5-13)18-11-6-8(14)9(15)7-10(11)17-12(18)16/h6-7H,2-5H2,1H3,(H2,16,17). The summed E-state index contributed by atoms with van der Waals surface area (Å²) in [7, 11) is 0. The number of halogens is 2. The zero-order valence-corrected chi connectivity index (χ0v) is 11.8. The zero-order chi connectivity index (χ0) is 12.9. The van der Waals surface area contributed by atoms with Crippen molar-refractivity contribution in [3.63, 3.8) is 0 Å². The van der Waals surface area contributed by atoms with Gasteiger partial charge in [0.25, 0.3) is 0 Å². The molecule has 1 saturated carbocycles. The van der Waals surface area contributed by atoms with E-state index < -0.39 is 0 Å². The SMILES string of the molecule is CC1(n2c(N)nc3cc(F)c(Br)cc32)CCCC1. The van der Waals surface area contributed by atoms with Crippen molar-refractivity contribution in [2.24, 2.45) is 0 Å². The summed E-state index contributed by atoms with van der Waals surface area (Å²) in [5.74, 6) is 0.177. The van der Waals surface area contributed by atoms with Crippen molar-refractivity contribution in [2.45, 2.75) is 38.1 Å². The first-order valence-corrected chi connectivity index (χ1v) is 6.94. The number of aromatic nitrogens is 2. The maximum absolute atomic E-state index is 13.5. The van der Waals surface area contributed by atoms with Gasteiger partial charge in [-0.1, -0.05) is 12.8 Å². The van der Waals surface area contributed by atoms with Crippen molar-refractivity contribution in [1.82, 2.24) is 9.55 Å². The van der Waals surface area contributed by atoms with E-state index in [0.29, 0.717) is 15.9 Å². The molecule has 2 aromatic rings. The van der Waals surface area contributed by atoms with Gasteiger partial charge in [0.15, 0.2) is 0 Å². The minimum atomic E-state index is -0.302. The van der Waals surface area contributed by atoms with Crippen molar-refractivity contribution >= 4 is 32.9 Å². The van der Waals surface area contributed by atoms with E-state index in [0.717, 1.165) is 18.4 Å². The molecule has 0 radical (unpaired) electrons. The van der Waals surface area contributed by atoms with Gasteiger partial charge in [0.2, 0.25) is 5.95 Å². The topological polar surface area (TPSA) is 43.8 Å². The summed E-state index contributed by atoms with van der Waals surface area (Å²) in [5, 5.41) is 0. The molecule has 1 heterocycles. The summed E-state index contributed by atoms with van der Waals surface area (Å²) in [5.41, 5.74) is 7.58. The number of benzene rings is 1. The molecule has 18 heavy (non-hydrogen) atoms. The van der Waals surface area contributed by atoms with E-state index in [1.165, 1.54) is 18.9 Å². The van der Waals surface area contributed by atoms with Crippen LogP contribution in [0.3, 0.4) is 0 Å². The second-order valence-electron chi connectivity index (χ2n) is 5.26. The molecule has 3 nitrogen and oxygen atoms in total. The van der Waals surface area contributed by atoms with Crippen LogP contribution in [0.15, 0.2) is 16.6 Å². The molecule has 0 spiro atoms. The Bertz CT molecular complexity index is 614. The fourth-order valence-electron chi connectivity index (χ4n) is 3.02. The maximum atomic E-state index is 13.5. The Labute approximate surface area is 113 Å². The minimum Gasteiger partial charge on any atom is -0.369 e. The van der Waals surface area contributed by atoms with Crippen LogP contribution in [0.5, 0.6) is 0 Å². The lowest BCUT2D eigenvalue weighted by atomic mass is 10.00. The van der Waals surface area contributed by atoms with E-state index in [1.807, 2.05) is 0 Å². The number of nitrogens with zero attached hydrogens (tertiary/aromatic N) is 2. The number of hydrogen-bond acceptors (Lipinski definition) is 2. The van der Waals surface area contributed by atoms with Crippen LogP contribution in [0.25, 0.3) is 11.0 Å². The Morgan fingerprint density at radius 1 is 1.39 bits per heavy atom. The third-order valence-corrected chi connectivity index (χ3v) is 4.55. The summed E-state index contributed by atoms with van der Waals surface area (Å²) in [6.07, 6.45) is 4.60. The molecule has 5 heteroatoms. The molecule has 0 saturated heterocycles. The highest BCUT2D eigenvalue weighted by Crippen LogP contribution is 2.40. The van der Waals surface area contributed by atoms with Crippen LogP contribution in [-0.2, 0) is 5.54 Å². The lowest BCUT2D eigenvalue weighted by Gasteiger charge is -2.27. The molecule has 3 rings (SSSR count). The molecule has 96 valence electrons. The van der Waals surface area contributed by atoms with Crippen molar-refractivity contribution in [3.05, 3.63) is 22.4 Å². The first-order chi connectivity index (χ1) is 8.51. The predicted octanol–water partition coefficient (Wildman–Crippen LogP) is 3.81. The fourth-order valence-corrected chi connectivity index (χ4v) is 3.35. The Balaban J connectivity index is 2.28. The van der Waals surface area contributed by atoms with Gasteiger partial charge < -0.3 is 10.3 Å². The van der Waals surface area contributed by atoms with E-state index in [9.17, 15) is 4.39 Å². The molecule has 0 unspecified atom stereocenters. The van der Waals surface area contributed by atoms with Crippen LogP contribution in [0.2, 0.25) is 0 Å². The van der Waals surface area contributed by atoms with Gasteiger partial charge in [0.05, 0.1) is 15.5 Å². The first-order valence-electron chi connectivity index (χ1n) is 6.15. The van der Waals surface area contributed by atoms with Crippen LogP contribution in [0.1, 0.15) is 32.6 Å². The second kappa shape index (κ2) is 3.95. The van der Waals surface area contributed by atoms with Crippen LogP contribution < -0.4 is 5.73 Å². The second-order valence-corrected chi connectivity index (χ2v) is 6.12. The Kier molecular flexibility index (Phi) is 2.62. The fraction of sp³-hybridized carbons (Fsp3) is 0.462. The third-order valence-electron chi connectivity index (χ3n) is 3.94. The number of nitrogen functional groups attached to an aromatic ring is 1. The molecule has 1 fully saturated rings. The van der Waals surface area contributed by atoms with E-state index in [4.69, 9.17) is 5.73 Å². The zero-order valence-electron chi connectivity index (χ0n) is 10.2. The molecule has 0 bridgehead atoms. The highest BCUT2D eigenvalue weighted by molar-refractivity contribution is 9.10.